The molecule has 0 radical (unpaired) electrons. The van der Waals surface area contributed by atoms with Crippen LogP contribution in [-0.2, 0) is 11.3 Å². The maximum Gasteiger partial charge on any atom is 0.262 e. The molecule has 0 unspecified atom stereocenters. The minimum atomic E-state index is -0.371. The molecule has 0 spiro atoms. The van der Waals surface area contributed by atoms with E-state index in [9.17, 15) is 14.4 Å². The summed E-state index contributed by atoms with van der Waals surface area (Å²) < 4.78 is 1.25. The molecule has 2 amide bonds. The van der Waals surface area contributed by atoms with Gasteiger partial charge in [-0.05, 0) is 51.0 Å². The van der Waals surface area contributed by atoms with Gasteiger partial charge in [0.15, 0.2) is 0 Å². The highest BCUT2D eigenvalue weighted by molar-refractivity contribution is 7.20. The molecule has 3 aromatic rings. The van der Waals surface area contributed by atoms with Crippen LogP contribution in [0.4, 0.5) is 5.69 Å². The second-order valence-corrected chi connectivity index (χ2v) is 9.65. The largest absolute Gasteiger partial charge is 0.351 e. The lowest BCUT2D eigenvalue weighted by Crippen LogP contribution is -3.11. The van der Waals surface area contributed by atoms with E-state index in [1.807, 2.05) is 13.0 Å². The predicted molar refractivity (Wildman–Crippen MR) is 137 cm³/mol. The van der Waals surface area contributed by atoms with Gasteiger partial charge in [-0.2, -0.15) is 0 Å². The average Bonchev–Trinajstić information content (AvgIpc) is 3.15. The van der Waals surface area contributed by atoms with Gasteiger partial charge in [0.25, 0.3) is 11.5 Å². The molecule has 0 saturated carbocycles. The van der Waals surface area contributed by atoms with Crippen LogP contribution in [0, 0.1) is 13.8 Å². The number of hydrogen-bond donors (Lipinski definition) is 3. The summed E-state index contributed by atoms with van der Waals surface area (Å²) in [5.41, 5.74) is 1.70. The van der Waals surface area contributed by atoms with E-state index in [1.54, 1.807) is 19.1 Å². The standard InChI is InChI=1S/C24H30ClN5O3S/c1-5-29(6-2)11-7-10-26-22(32)21-16(4)20-23(34-21)27-14-30(24(20)33)13-19(31)28-17-9-8-15(3)18(25)12-17/h8-9,12,14H,5-7,10-11,13H2,1-4H3,(H,26,32)(H,28,31)/p+1. The fraction of sp³-hybridized carbons (Fsp3) is 0.417. The first-order valence-electron chi connectivity index (χ1n) is 11.4. The first kappa shape index (κ1) is 25.9. The molecule has 182 valence electrons. The molecule has 0 aliphatic rings. The Hall–Kier alpha value is -2.75. The second kappa shape index (κ2) is 11.6. The van der Waals surface area contributed by atoms with Crippen molar-refractivity contribution >= 4 is 50.7 Å². The average molecular weight is 505 g/mol. The highest BCUT2D eigenvalue weighted by atomic mass is 35.5. The maximum absolute atomic E-state index is 13.1. The van der Waals surface area contributed by atoms with E-state index in [-0.39, 0.29) is 23.9 Å². The molecule has 8 nitrogen and oxygen atoms in total. The fourth-order valence-corrected chi connectivity index (χ4v) is 4.97. The number of amides is 2. The van der Waals surface area contributed by atoms with Crippen molar-refractivity contribution in [2.45, 2.75) is 40.7 Å². The predicted octanol–water partition coefficient (Wildman–Crippen LogP) is 2.41. The molecule has 0 atom stereocenters. The molecular weight excluding hydrogens is 474 g/mol. The summed E-state index contributed by atoms with van der Waals surface area (Å²) in [6.45, 7) is 11.4. The number of halogens is 1. The second-order valence-electron chi connectivity index (χ2n) is 8.24. The van der Waals surface area contributed by atoms with Crippen molar-refractivity contribution in [1.29, 1.82) is 0 Å². The van der Waals surface area contributed by atoms with Gasteiger partial charge in [-0.15, -0.1) is 11.3 Å². The van der Waals surface area contributed by atoms with Crippen molar-refractivity contribution in [2.75, 3.05) is 31.5 Å². The normalized spacial score (nSPS) is 11.2. The van der Waals surface area contributed by atoms with Gasteiger partial charge >= 0.3 is 0 Å². The summed E-state index contributed by atoms with van der Waals surface area (Å²) in [5, 5.41) is 6.62. The summed E-state index contributed by atoms with van der Waals surface area (Å²) in [6.07, 6.45) is 2.23. The molecule has 0 aliphatic heterocycles. The molecule has 2 aromatic heterocycles. The van der Waals surface area contributed by atoms with Crippen molar-refractivity contribution in [3.63, 3.8) is 0 Å². The van der Waals surface area contributed by atoms with E-state index >= 15 is 0 Å². The number of fused-ring (bicyclic) bond motifs is 1. The summed E-state index contributed by atoms with van der Waals surface area (Å²) in [5.74, 6) is -0.570. The van der Waals surface area contributed by atoms with Crippen LogP contribution in [0.5, 0.6) is 0 Å². The highest BCUT2D eigenvalue weighted by Crippen LogP contribution is 2.26. The topological polar surface area (TPSA) is 97.5 Å². The van der Waals surface area contributed by atoms with Gasteiger partial charge in [0.1, 0.15) is 11.4 Å². The van der Waals surface area contributed by atoms with Crippen LogP contribution in [-0.4, -0.2) is 47.5 Å². The molecule has 0 aliphatic carbocycles. The van der Waals surface area contributed by atoms with Crippen LogP contribution in [0.15, 0.2) is 29.3 Å². The molecule has 0 bridgehead atoms. The number of thiophene rings is 1. The van der Waals surface area contributed by atoms with E-state index in [0.717, 1.165) is 31.6 Å². The quantitative estimate of drug-likeness (QED) is 0.369. The van der Waals surface area contributed by atoms with Crippen LogP contribution in [0.2, 0.25) is 5.02 Å². The summed E-state index contributed by atoms with van der Waals surface area (Å²) in [7, 11) is 0. The molecule has 10 heteroatoms. The van der Waals surface area contributed by atoms with E-state index in [4.69, 9.17) is 11.6 Å². The van der Waals surface area contributed by atoms with Crippen molar-refractivity contribution in [3.05, 3.63) is 55.9 Å². The number of benzene rings is 1. The number of rotatable bonds is 10. The third-order valence-electron chi connectivity index (χ3n) is 5.89. The number of aryl methyl sites for hydroxylation is 2. The summed E-state index contributed by atoms with van der Waals surface area (Å²) in [4.78, 5) is 45.1. The lowest BCUT2D eigenvalue weighted by Gasteiger charge is -2.15. The molecule has 0 saturated heterocycles. The smallest absolute Gasteiger partial charge is 0.262 e. The first-order valence-corrected chi connectivity index (χ1v) is 12.6. The first-order chi connectivity index (χ1) is 16.2. The number of hydrogen-bond acceptors (Lipinski definition) is 5. The van der Waals surface area contributed by atoms with Crippen molar-refractivity contribution in [2.24, 2.45) is 0 Å². The Morgan fingerprint density at radius 1 is 1.21 bits per heavy atom. The molecule has 2 heterocycles. The van der Waals surface area contributed by atoms with E-state index in [2.05, 4.69) is 29.5 Å². The number of carbonyl (C=O) groups is 2. The Morgan fingerprint density at radius 3 is 2.62 bits per heavy atom. The van der Waals surface area contributed by atoms with Gasteiger partial charge < -0.3 is 15.5 Å². The minimum Gasteiger partial charge on any atom is -0.351 e. The zero-order chi connectivity index (χ0) is 24.8. The number of aromatic nitrogens is 2. The summed E-state index contributed by atoms with van der Waals surface area (Å²) in [6, 6.07) is 5.22. The number of anilines is 1. The van der Waals surface area contributed by atoms with E-state index < -0.39 is 0 Å². The number of nitrogens with one attached hydrogen (secondary N) is 3. The van der Waals surface area contributed by atoms with Crippen LogP contribution < -0.4 is 21.1 Å². The van der Waals surface area contributed by atoms with Gasteiger partial charge in [0, 0.05) is 23.7 Å². The van der Waals surface area contributed by atoms with E-state index in [1.165, 1.54) is 27.1 Å². The lowest BCUT2D eigenvalue weighted by molar-refractivity contribution is -0.896. The highest BCUT2D eigenvalue weighted by Gasteiger charge is 2.20. The van der Waals surface area contributed by atoms with Crippen LogP contribution in [0.25, 0.3) is 10.2 Å². The Morgan fingerprint density at radius 2 is 1.94 bits per heavy atom. The van der Waals surface area contributed by atoms with Gasteiger partial charge in [-0.1, -0.05) is 17.7 Å². The van der Waals surface area contributed by atoms with Crippen LogP contribution >= 0.6 is 22.9 Å². The van der Waals surface area contributed by atoms with Crippen LogP contribution in [0.3, 0.4) is 0 Å². The SMILES string of the molecule is CC[NH+](CC)CCCNC(=O)c1sc2ncn(CC(=O)Nc3ccc(C)c(Cl)c3)c(=O)c2c1C. The summed E-state index contributed by atoms with van der Waals surface area (Å²) >= 11 is 7.31. The third kappa shape index (κ3) is 6.02. The zero-order valence-electron chi connectivity index (χ0n) is 20.0. The number of nitrogens with zero attached hydrogens (tertiary/aromatic N) is 2. The Balaban J connectivity index is 1.70. The van der Waals surface area contributed by atoms with Gasteiger partial charge in [0.05, 0.1) is 36.2 Å². The minimum absolute atomic E-state index is 0.197. The lowest BCUT2D eigenvalue weighted by atomic mass is 10.2. The third-order valence-corrected chi connectivity index (χ3v) is 7.49. The van der Waals surface area contributed by atoms with Crippen molar-refractivity contribution in [1.82, 2.24) is 14.9 Å². The zero-order valence-corrected chi connectivity index (χ0v) is 21.5. The molecule has 3 N–H and O–H groups in total. The maximum atomic E-state index is 13.1. The van der Waals surface area contributed by atoms with Crippen LogP contribution in [0.1, 0.15) is 41.1 Å². The van der Waals surface area contributed by atoms with Crippen molar-refractivity contribution < 1.29 is 14.5 Å². The monoisotopic (exact) mass is 504 g/mol. The number of quaternary nitrogens is 1. The molecular formula is C24H31ClN5O3S+. The molecule has 34 heavy (non-hydrogen) atoms. The Kier molecular flexibility index (Phi) is 8.82. The van der Waals surface area contributed by atoms with Gasteiger partial charge in [-0.25, -0.2) is 4.98 Å². The van der Waals surface area contributed by atoms with Gasteiger partial charge in [-0.3, -0.25) is 19.0 Å². The van der Waals surface area contributed by atoms with Crippen molar-refractivity contribution in [3.8, 4) is 0 Å². The fourth-order valence-electron chi connectivity index (χ4n) is 3.74. The molecule has 0 fully saturated rings. The molecule has 3 rings (SSSR count). The number of carbonyl (C=O) groups excluding carboxylic acids is 2. The molecule has 1 aromatic carbocycles. The van der Waals surface area contributed by atoms with E-state index in [0.29, 0.717) is 37.9 Å². The Labute approximate surface area is 207 Å². The van der Waals surface area contributed by atoms with Gasteiger partial charge in [0.2, 0.25) is 5.91 Å². The Bertz CT molecular complexity index is 1250.